The second kappa shape index (κ2) is 6.30. The third kappa shape index (κ3) is 3.98. The van der Waals surface area contributed by atoms with Crippen molar-refractivity contribution in [2.45, 2.75) is 17.7 Å². The third-order valence-electron chi connectivity index (χ3n) is 3.10. The van der Waals surface area contributed by atoms with Crippen molar-refractivity contribution in [3.63, 3.8) is 0 Å². The van der Waals surface area contributed by atoms with E-state index in [9.17, 15) is 12.8 Å². The Bertz CT molecular complexity index is 545. The minimum absolute atomic E-state index is 0.303. The SMILES string of the molecule is O=S(=O)(NCCN1CCCC1)c1ccc(Br)cc1F. The first-order valence-corrected chi connectivity index (χ1v) is 8.44. The zero-order valence-corrected chi connectivity index (χ0v) is 12.8. The fourth-order valence-corrected chi connectivity index (χ4v) is 3.53. The van der Waals surface area contributed by atoms with Crippen LogP contribution in [0.3, 0.4) is 0 Å². The third-order valence-corrected chi connectivity index (χ3v) is 5.09. The molecule has 1 fully saturated rings. The lowest BCUT2D eigenvalue weighted by Gasteiger charge is -2.15. The van der Waals surface area contributed by atoms with Gasteiger partial charge in [0.1, 0.15) is 10.7 Å². The molecule has 1 aliphatic rings. The fourth-order valence-electron chi connectivity index (χ4n) is 2.12. The lowest BCUT2D eigenvalue weighted by Crippen LogP contribution is -2.33. The molecule has 4 nitrogen and oxygen atoms in total. The van der Waals surface area contributed by atoms with Crippen molar-refractivity contribution in [1.82, 2.24) is 9.62 Å². The zero-order valence-electron chi connectivity index (χ0n) is 10.4. The predicted molar refractivity (Wildman–Crippen MR) is 75.0 cm³/mol. The van der Waals surface area contributed by atoms with Gasteiger partial charge in [-0.2, -0.15) is 0 Å². The Kier molecular flexibility index (Phi) is 4.94. The molecule has 1 N–H and O–H groups in total. The van der Waals surface area contributed by atoms with Gasteiger partial charge in [0.2, 0.25) is 10.0 Å². The molecule has 1 aromatic carbocycles. The van der Waals surface area contributed by atoms with Gasteiger partial charge >= 0.3 is 0 Å². The molecular weight excluding hydrogens is 335 g/mol. The topological polar surface area (TPSA) is 49.4 Å². The number of halogens is 2. The highest BCUT2D eigenvalue weighted by Gasteiger charge is 2.19. The number of sulfonamides is 1. The van der Waals surface area contributed by atoms with Gasteiger partial charge in [-0.05, 0) is 44.1 Å². The van der Waals surface area contributed by atoms with Crippen LogP contribution in [0.1, 0.15) is 12.8 Å². The number of hydrogen-bond acceptors (Lipinski definition) is 3. The van der Waals surface area contributed by atoms with E-state index < -0.39 is 15.8 Å². The number of hydrogen-bond donors (Lipinski definition) is 1. The van der Waals surface area contributed by atoms with Crippen LogP contribution in [0.5, 0.6) is 0 Å². The second-order valence-electron chi connectivity index (χ2n) is 4.52. The zero-order chi connectivity index (χ0) is 13.9. The molecule has 1 aromatic rings. The smallest absolute Gasteiger partial charge is 0.243 e. The van der Waals surface area contributed by atoms with Crippen LogP contribution >= 0.6 is 15.9 Å². The molecule has 1 heterocycles. The van der Waals surface area contributed by atoms with E-state index in [2.05, 4.69) is 25.6 Å². The average molecular weight is 351 g/mol. The number of likely N-dealkylation sites (tertiary alicyclic amines) is 1. The van der Waals surface area contributed by atoms with Gasteiger partial charge in [-0.15, -0.1) is 0 Å². The van der Waals surface area contributed by atoms with Crippen LogP contribution in [-0.2, 0) is 10.0 Å². The lowest BCUT2D eigenvalue weighted by molar-refractivity contribution is 0.344. The van der Waals surface area contributed by atoms with Crippen molar-refractivity contribution in [3.8, 4) is 0 Å². The summed E-state index contributed by atoms with van der Waals surface area (Å²) in [6, 6.07) is 3.92. The fraction of sp³-hybridized carbons (Fsp3) is 0.500. The normalized spacial score (nSPS) is 16.9. The van der Waals surface area contributed by atoms with Gasteiger partial charge < -0.3 is 4.90 Å². The first-order valence-electron chi connectivity index (χ1n) is 6.16. The molecule has 0 radical (unpaired) electrons. The Morgan fingerprint density at radius 3 is 2.63 bits per heavy atom. The average Bonchev–Trinajstić information content (AvgIpc) is 2.81. The van der Waals surface area contributed by atoms with E-state index >= 15 is 0 Å². The molecular formula is C12H16BrFN2O2S. The van der Waals surface area contributed by atoms with E-state index in [1.54, 1.807) is 0 Å². The lowest BCUT2D eigenvalue weighted by atomic mass is 10.3. The summed E-state index contributed by atoms with van der Waals surface area (Å²) < 4.78 is 40.5. The van der Waals surface area contributed by atoms with Gasteiger partial charge in [-0.25, -0.2) is 17.5 Å². The minimum atomic E-state index is -3.77. The van der Waals surface area contributed by atoms with Crippen LogP contribution in [0, 0.1) is 5.82 Å². The van der Waals surface area contributed by atoms with Gasteiger partial charge in [0.15, 0.2) is 0 Å². The van der Waals surface area contributed by atoms with Gasteiger partial charge in [0.05, 0.1) is 0 Å². The summed E-state index contributed by atoms with van der Waals surface area (Å²) in [6.45, 7) is 2.98. The molecule has 0 atom stereocenters. The van der Waals surface area contributed by atoms with E-state index in [-0.39, 0.29) is 4.90 Å². The molecule has 0 aliphatic carbocycles. The van der Waals surface area contributed by atoms with Crippen LogP contribution in [0.25, 0.3) is 0 Å². The summed E-state index contributed by atoms with van der Waals surface area (Å²) in [4.78, 5) is 1.89. The largest absolute Gasteiger partial charge is 0.302 e. The molecule has 2 rings (SSSR count). The van der Waals surface area contributed by atoms with E-state index in [0.29, 0.717) is 17.6 Å². The number of nitrogens with zero attached hydrogens (tertiary/aromatic N) is 1. The first kappa shape index (κ1) is 14.9. The second-order valence-corrected chi connectivity index (χ2v) is 7.17. The maximum absolute atomic E-state index is 13.6. The van der Waals surface area contributed by atoms with Crippen molar-refractivity contribution in [3.05, 3.63) is 28.5 Å². The highest BCUT2D eigenvalue weighted by molar-refractivity contribution is 9.10. The van der Waals surface area contributed by atoms with Crippen molar-refractivity contribution in [2.24, 2.45) is 0 Å². The number of nitrogens with one attached hydrogen (secondary N) is 1. The van der Waals surface area contributed by atoms with E-state index in [1.807, 2.05) is 0 Å². The van der Waals surface area contributed by atoms with Crippen LogP contribution in [0.15, 0.2) is 27.6 Å². The van der Waals surface area contributed by atoms with Gasteiger partial charge in [-0.1, -0.05) is 15.9 Å². The molecule has 0 spiro atoms. The molecule has 0 bridgehead atoms. The summed E-state index contributed by atoms with van der Waals surface area (Å²) in [5, 5.41) is 0. The summed E-state index contributed by atoms with van der Waals surface area (Å²) >= 11 is 3.10. The number of benzene rings is 1. The molecule has 7 heteroatoms. The maximum Gasteiger partial charge on any atom is 0.243 e. The molecule has 106 valence electrons. The first-order chi connectivity index (χ1) is 8.99. The highest BCUT2D eigenvalue weighted by atomic mass is 79.9. The van der Waals surface area contributed by atoms with Crippen molar-refractivity contribution < 1.29 is 12.8 Å². The van der Waals surface area contributed by atoms with E-state index in [4.69, 9.17) is 0 Å². The maximum atomic E-state index is 13.6. The summed E-state index contributed by atoms with van der Waals surface area (Å²) in [5.74, 6) is -0.747. The van der Waals surface area contributed by atoms with Crippen molar-refractivity contribution in [1.29, 1.82) is 0 Å². The van der Waals surface area contributed by atoms with Crippen LogP contribution in [0.2, 0.25) is 0 Å². The Balaban J connectivity index is 1.97. The molecule has 0 saturated carbocycles. The molecule has 0 aromatic heterocycles. The van der Waals surface area contributed by atoms with Gasteiger partial charge in [0.25, 0.3) is 0 Å². The number of rotatable bonds is 5. The van der Waals surface area contributed by atoms with Crippen LogP contribution < -0.4 is 4.72 Å². The van der Waals surface area contributed by atoms with E-state index in [0.717, 1.165) is 32.0 Å². The molecule has 1 aliphatic heterocycles. The monoisotopic (exact) mass is 350 g/mol. The van der Waals surface area contributed by atoms with E-state index in [1.165, 1.54) is 12.1 Å². The molecule has 1 saturated heterocycles. The van der Waals surface area contributed by atoms with Crippen LogP contribution in [0.4, 0.5) is 4.39 Å². The molecule has 0 unspecified atom stereocenters. The predicted octanol–water partition coefficient (Wildman–Crippen LogP) is 1.96. The summed E-state index contributed by atoms with van der Waals surface area (Å²) in [6.07, 6.45) is 2.32. The summed E-state index contributed by atoms with van der Waals surface area (Å²) in [5.41, 5.74) is 0. The van der Waals surface area contributed by atoms with Gasteiger partial charge in [0, 0.05) is 17.6 Å². The summed E-state index contributed by atoms with van der Waals surface area (Å²) in [7, 11) is -3.77. The van der Waals surface area contributed by atoms with Gasteiger partial charge in [-0.3, -0.25) is 0 Å². The molecule has 0 amide bonds. The molecule has 19 heavy (non-hydrogen) atoms. The Hall–Kier alpha value is -0.500. The van der Waals surface area contributed by atoms with Crippen molar-refractivity contribution >= 4 is 26.0 Å². The highest BCUT2D eigenvalue weighted by Crippen LogP contribution is 2.19. The standard InChI is InChI=1S/C12H16BrFN2O2S/c13-10-3-4-12(11(14)9-10)19(17,18)15-5-8-16-6-1-2-7-16/h3-4,9,15H,1-2,5-8H2. The Morgan fingerprint density at radius 1 is 1.32 bits per heavy atom. The quantitative estimate of drug-likeness (QED) is 0.882. The Morgan fingerprint density at radius 2 is 2.00 bits per heavy atom. The van der Waals surface area contributed by atoms with Crippen molar-refractivity contribution in [2.75, 3.05) is 26.2 Å². The van der Waals surface area contributed by atoms with Crippen LogP contribution in [-0.4, -0.2) is 39.5 Å². The Labute approximate surface area is 121 Å². The minimum Gasteiger partial charge on any atom is -0.302 e.